The van der Waals surface area contributed by atoms with Crippen molar-refractivity contribution in [3.63, 3.8) is 0 Å². The highest BCUT2D eigenvalue weighted by Crippen LogP contribution is 2.25. The topological polar surface area (TPSA) is 115 Å². The van der Waals surface area contributed by atoms with E-state index in [2.05, 4.69) is 10.5 Å². The number of benzene rings is 1. The molecule has 0 amide bonds. The van der Waals surface area contributed by atoms with Crippen LogP contribution in [0.2, 0.25) is 0 Å². The van der Waals surface area contributed by atoms with Crippen molar-refractivity contribution in [2.24, 2.45) is 5.10 Å². The summed E-state index contributed by atoms with van der Waals surface area (Å²) in [4.78, 5) is 10.2. The molecular formula is C10H7N5O2. The van der Waals surface area contributed by atoms with Crippen LogP contribution in [0.4, 0.5) is 11.4 Å². The zero-order valence-corrected chi connectivity index (χ0v) is 8.84. The van der Waals surface area contributed by atoms with Gasteiger partial charge in [-0.25, -0.2) is 0 Å². The molecule has 0 radical (unpaired) electrons. The predicted molar refractivity (Wildman–Crippen MR) is 60.1 cm³/mol. The summed E-state index contributed by atoms with van der Waals surface area (Å²) < 4.78 is 0. The highest BCUT2D eigenvalue weighted by molar-refractivity contribution is 6.10. The number of anilines is 1. The molecule has 1 N–H and O–H groups in total. The molecule has 0 atom stereocenters. The second-order valence-corrected chi connectivity index (χ2v) is 3.07. The van der Waals surface area contributed by atoms with E-state index in [1.165, 1.54) is 24.3 Å². The third-order valence-electron chi connectivity index (χ3n) is 1.85. The summed E-state index contributed by atoms with van der Waals surface area (Å²) in [6.07, 6.45) is 0. The molecule has 84 valence electrons. The van der Waals surface area contributed by atoms with Crippen molar-refractivity contribution in [3.8, 4) is 12.1 Å². The number of hydrogen-bond donors (Lipinski definition) is 1. The van der Waals surface area contributed by atoms with Crippen LogP contribution in [0.3, 0.4) is 0 Å². The number of nitro groups is 1. The third-order valence-corrected chi connectivity index (χ3v) is 1.85. The maximum atomic E-state index is 10.7. The standard InChI is InChI=1S/C10H7N5O2/c1-7-2-3-9(10(4-7)15(16)17)14-13-8(5-11)6-12/h2-4,14H,1H3. The van der Waals surface area contributed by atoms with Crippen LogP contribution in [0.25, 0.3) is 0 Å². The Balaban J connectivity index is 3.09. The molecule has 0 aliphatic carbocycles. The lowest BCUT2D eigenvalue weighted by Gasteiger charge is -2.02. The summed E-state index contributed by atoms with van der Waals surface area (Å²) in [6.45, 7) is 1.72. The molecule has 0 unspecified atom stereocenters. The Morgan fingerprint density at radius 2 is 2.12 bits per heavy atom. The van der Waals surface area contributed by atoms with E-state index in [1.807, 2.05) is 0 Å². The van der Waals surface area contributed by atoms with Gasteiger partial charge in [0.05, 0.1) is 4.92 Å². The quantitative estimate of drug-likeness (QED) is 0.481. The maximum absolute atomic E-state index is 10.7. The van der Waals surface area contributed by atoms with Crippen LogP contribution < -0.4 is 5.43 Å². The molecule has 0 fully saturated rings. The van der Waals surface area contributed by atoms with Crippen molar-refractivity contribution in [1.29, 1.82) is 10.5 Å². The summed E-state index contributed by atoms with van der Waals surface area (Å²) >= 11 is 0. The van der Waals surface area contributed by atoms with Gasteiger partial charge in [-0.05, 0) is 18.6 Å². The summed E-state index contributed by atoms with van der Waals surface area (Å²) in [5.74, 6) is 0. The van der Waals surface area contributed by atoms with Gasteiger partial charge in [-0.1, -0.05) is 6.07 Å². The molecule has 0 saturated carbocycles. The summed E-state index contributed by atoms with van der Waals surface area (Å²) in [5, 5.41) is 31.1. The van der Waals surface area contributed by atoms with Gasteiger partial charge in [-0.15, -0.1) is 0 Å². The van der Waals surface area contributed by atoms with Crippen molar-refractivity contribution in [2.45, 2.75) is 6.92 Å². The van der Waals surface area contributed by atoms with Crippen molar-refractivity contribution >= 4 is 17.1 Å². The van der Waals surface area contributed by atoms with Crippen LogP contribution in [0, 0.1) is 39.7 Å². The van der Waals surface area contributed by atoms with Gasteiger partial charge in [0.1, 0.15) is 17.8 Å². The second kappa shape index (κ2) is 5.24. The number of aryl methyl sites for hydroxylation is 1. The second-order valence-electron chi connectivity index (χ2n) is 3.07. The predicted octanol–water partition coefficient (Wildman–Crippen LogP) is 1.72. The lowest BCUT2D eigenvalue weighted by Crippen LogP contribution is -2.00. The van der Waals surface area contributed by atoms with Crippen molar-refractivity contribution in [3.05, 3.63) is 33.9 Å². The Kier molecular flexibility index (Phi) is 3.74. The Labute approximate surface area is 96.7 Å². The highest BCUT2D eigenvalue weighted by atomic mass is 16.6. The summed E-state index contributed by atoms with van der Waals surface area (Å²) in [6, 6.07) is 7.57. The van der Waals surface area contributed by atoms with Gasteiger partial charge in [0, 0.05) is 6.07 Å². The molecule has 0 aliphatic rings. The fourth-order valence-electron chi connectivity index (χ4n) is 1.08. The largest absolute Gasteiger partial charge is 0.294 e. The number of hydrazone groups is 1. The third kappa shape index (κ3) is 3.01. The van der Waals surface area contributed by atoms with Crippen LogP contribution in [0.5, 0.6) is 0 Å². The van der Waals surface area contributed by atoms with Gasteiger partial charge in [0.25, 0.3) is 5.69 Å². The van der Waals surface area contributed by atoms with Crippen LogP contribution >= 0.6 is 0 Å². The minimum Gasteiger partial charge on any atom is -0.270 e. The summed E-state index contributed by atoms with van der Waals surface area (Å²) in [5.41, 5.74) is 2.62. The van der Waals surface area contributed by atoms with Crippen LogP contribution in [0.1, 0.15) is 5.56 Å². The maximum Gasteiger partial charge on any atom is 0.294 e. The lowest BCUT2D eigenvalue weighted by molar-refractivity contribution is -0.384. The number of nitriles is 2. The molecule has 7 heteroatoms. The van der Waals surface area contributed by atoms with Crippen LogP contribution in [-0.4, -0.2) is 10.6 Å². The molecule has 1 aromatic rings. The Morgan fingerprint density at radius 3 is 2.65 bits per heavy atom. The molecular weight excluding hydrogens is 222 g/mol. The molecule has 7 nitrogen and oxygen atoms in total. The number of nitrogens with one attached hydrogen (secondary N) is 1. The van der Waals surface area contributed by atoms with Crippen LogP contribution in [-0.2, 0) is 0 Å². The minimum atomic E-state index is -0.566. The monoisotopic (exact) mass is 229 g/mol. The Bertz CT molecular complexity index is 549. The van der Waals surface area contributed by atoms with E-state index in [-0.39, 0.29) is 11.4 Å². The molecule has 0 saturated heterocycles. The number of nitrogens with zero attached hydrogens (tertiary/aromatic N) is 4. The highest BCUT2D eigenvalue weighted by Gasteiger charge is 2.13. The number of nitro benzene ring substituents is 1. The minimum absolute atomic E-state index is 0.128. The fourth-order valence-corrected chi connectivity index (χ4v) is 1.08. The zero-order valence-electron chi connectivity index (χ0n) is 8.84. The molecule has 0 bridgehead atoms. The van der Waals surface area contributed by atoms with Gasteiger partial charge in [-0.3, -0.25) is 15.5 Å². The average molecular weight is 229 g/mol. The van der Waals surface area contributed by atoms with Crippen LogP contribution in [0.15, 0.2) is 23.3 Å². The van der Waals surface area contributed by atoms with Gasteiger partial charge in [-0.2, -0.15) is 15.6 Å². The molecule has 0 aliphatic heterocycles. The first-order valence-electron chi connectivity index (χ1n) is 4.47. The van der Waals surface area contributed by atoms with Gasteiger partial charge < -0.3 is 0 Å². The van der Waals surface area contributed by atoms with Crippen molar-refractivity contribution in [2.75, 3.05) is 5.43 Å². The van der Waals surface area contributed by atoms with E-state index in [1.54, 1.807) is 13.0 Å². The Morgan fingerprint density at radius 1 is 1.47 bits per heavy atom. The van der Waals surface area contributed by atoms with E-state index in [0.29, 0.717) is 0 Å². The fraction of sp³-hybridized carbons (Fsp3) is 0.100. The summed E-state index contributed by atoms with van der Waals surface area (Å²) in [7, 11) is 0. The van der Waals surface area contributed by atoms with Crippen molar-refractivity contribution < 1.29 is 4.92 Å². The SMILES string of the molecule is Cc1ccc(NN=C(C#N)C#N)c([N+](=O)[O-])c1. The molecule has 17 heavy (non-hydrogen) atoms. The normalized spacial score (nSPS) is 8.65. The first kappa shape index (κ1) is 12.1. The van der Waals surface area contributed by atoms with E-state index < -0.39 is 10.6 Å². The Hall–Kier alpha value is -2.93. The van der Waals surface area contributed by atoms with Crippen molar-refractivity contribution in [1.82, 2.24) is 0 Å². The molecule has 0 aromatic heterocycles. The first-order valence-corrected chi connectivity index (χ1v) is 4.47. The average Bonchev–Trinajstić information content (AvgIpc) is 2.31. The van der Waals surface area contributed by atoms with E-state index >= 15 is 0 Å². The van der Waals surface area contributed by atoms with Gasteiger partial charge >= 0.3 is 0 Å². The first-order chi connectivity index (χ1) is 8.08. The number of hydrogen-bond acceptors (Lipinski definition) is 6. The van der Waals surface area contributed by atoms with E-state index in [0.717, 1.165) is 5.56 Å². The molecule has 0 spiro atoms. The van der Waals surface area contributed by atoms with Gasteiger partial charge in [0.2, 0.25) is 5.71 Å². The van der Waals surface area contributed by atoms with Gasteiger partial charge in [0.15, 0.2) is 0 Å². The number of rotatable bonds is 3. The van der Waals surface area contributed by atoms with E-state index in [9.17, 15) is 10.1 Å². The van der Waals surface area contributed by atoms with E-state index in [4.69, 9.17) is 10.5 Å². The molecule has 1 aromatic carbocycles. The molecule has 0 heterocycles. The smallest absolute Gasteiger partial charge is 0.270 e. The lowest BCUT2D eigenvalue weighted by atomic mass is 10.2. The zero-order chi connectivity index (χ0) is 12.8. The molecule has 1 rings (SSSR count).